The highest BCUT2D eigenvalue weighted by Crippen LogP contribution is 2.16. The molecule has 4 heteroatoms. The summed E-state index contributed by atoms with van der Waals surface area (Å²) in [6, 6.07) is 11.8. The van der Waals surface area contributed by atoms with E-state index >= 15 is 0 Å². The lowest BCUT2D eigenvalue weighted by Gasteiger charge is -2.32. The highest BCUT2D eigenvalue weighted by atomic mass is 15.2. The van der Waals surface area contributed by atoms with Crippen molar-refractivity contribution in [2.75, 3.05) is 33.2 Å². The first-order chi connectivity index (χ1) is 9.72. The molecule has 4 nitrogen and oxygen atoms in total. The summed E-state index contributed by atoms with van der Waals surface area (Å²) in [7, 11) is 2.14. The van der Waals surface area contributed by atoms with Gasteiger partial charge >= 0.3 is 0 Å². The van der Waals surface area contributed by atoms with Crippen LogP contribution in [0.15, 0.2) is 29.8 Å². The van der Waals surface area contributed by atoms with Crippen LogP contribution < -0.4 is 0 Å². The molecule has 0 spiro atoms. The van der Waals surface area contributed by atoms with Crippen molar-refractivity contribution in [3.63, 3.8) is 0 Å². The van der Waals surface area contributed by atoms with Crippen molar-refractivity contribution in [2.24, 2.45) is 0 Å². The average Bonchev–Trinajstić information content (AvgIpc) is 2.48. The molecule has 1 aromatic carbocycles. The van der Waals surface area contributed by atoms with E-state index in [9.17, 15) is 0 Å². The van der Waals surface area contributed by atoms with Gasteiger partial charge in [-0.15, -0.1) is 0 Å². The van der Waals surface area contributed by atoms with Gasteiger partial charge in [-0.2, -0.15) is 10.5 Å². The number of allylic oxidation sites excluding steroid dienone is 1. The van der Waals surface area contributed by atoms with Crippen LogP contribution in [0.25, 0.3) is 6.08 Å². The number of nitrogens with zero attached hydrogens (tertiary/aromatic N) is 4. The minimum absolute atomic E-state index is 0.149. The van der Waals surface area contributed by atoms with Gasteiger partial charge in [0, 0.05) is 32.7 Å². The molecule has 1 aliphatic heterocycles. The van der Waals surface area contributed by atoms with Gasteiger partial charge < -0.3 is 4.90 Å². The van der Waals surface area contributed by atoms with Gasteiger partial charge in [0.25, 0.3) is 0 Å². The highest BCUT2D eigenvalue weighted by Gasteiger charge is 2.14. The molecule has 0 aliphatic carbocycles. The van der Waals surface area contributed by atoms with Crippen LogP contribution in [0.5, 0.6) is 0 Å². The molecule has 1 fully saturated rings. The summed E-state index contributed by atoms with van der Waals surface area (Å²) < 4.78 is 0. The molecule has 0 radical (unpaired) electrons. The summed E-state index contributed by atoms with van der Waals surface area (Å²) in [5.74, 6) is 0. The van der Waals surface area contributed by atoms with E-state index < -0.39 is 0 Å². The van der Waals surface area contributed by atoms with Crippen molar-refractivity contribution in [2.45, 2.75) is 6.54 Å². The number of benzene rings is 1. The van der Waals surface area contributed by atoms with Crippen LogP contribution in [0.1, 0.15) is 11.1 Å². The third-order valence-corrected chi connectivity index (χ3v) is 3.59. The van der Waals surface area contributed by atoms with E-state index in [1.165, 1.54) is 5.56 Å². The zero-order valence-electron chi connectivity index (χ0n) is 11.7. The van der Waals surface area contributed by atoms with Gasteiger partial charge in [0.1, 0.15) is 17.7 Å². The maximum atomic E-state index is 8.87. The van der Waals surface area contributed by atoms with Gasteiger partial charge in [0.05, 0.1) is 0 Å². The minimum atomic E-state index is 0.149. The second-order valence-corrected chi connectivity index (χ2v) is 5.06. The second-order valence-electron chi connectivity index (χ2n) is 5.06. The molecule has 0 saturated carbocycles. The number of likely N-dealkylation sites (N-methyl/N-ethyl adjacent to an activating group) is 1. The fraction of sp³-hybridized carbons (Fsp3) is 0.375. The molecule has 0 bridgehead atoms. The molecule has 20 heavy (non-hydrogen) atoms. The van der Waals surface area contributed by atoms with Crippen molar-refractivity contribution < 1.29 is 0 Å². The Bertz CT molecular complexity index is 553. The molecule has 1 aromatic rings. The zero-order chi connectivity index (χ0) is 14.4. The van der Waals surface area contributed by atoms with Crippen molar-refractivity contribution in [1.29, 1.82) is 10.5 Å². The Morgan fingerprint density at radius 3 is 2.45 bits per heavy atom. The Kier molecular flexibility index (Phi) is 4.90. The first kappa shape index (κ1) is 14.3. The number of hydrogen-bond donors (Lipinski definition) is 0. The van der Waals surface area contributed by atoms with Crippen LogP contribution in [0, 0.1) is 22.7 Å². The van der Waals surface area contributed by atoms with E-state index in [4.69, 9.17) is 10.5 Å². The lowest BCUT2D eigenvalue weighted by Crippen LogP contribution is -2.43. The number of hydrogen-bond acceptors (Lipinski definition) is 4. The first-order valence-corrected chi connectivity index (χ1v) is 6.73. The molecule has 0 N–H and O–H groups in total. The normalized spacial score (nSPS) is 16.1. The molecule has 102 valence electrons. The number of rotatable bonds is 3. The summed E-state index contributed by atoms with van der Waals surface area (Å²) in [5, 5.41) is 17.7. The first-order valence-electron chi connectivity index (χ1n) is 6.73. The smallest absolute Gasteiger partial charge is 0.130 e. The summed E-state index contributed by atoms with van der Waals surface area (Å²) in [6.07, 6.45) is 1.67. The molecule has 1 heterocycles. The van der Waals surface area contributed by atoms with Crippen molar-refractivity contribution >= 4 is 6.08 Å². The number of piperazine rings is 1. The van der Waals surface area contributed by atoms with Crippen LogP contribution in [0.2, 0.25) is 0 Å². The Hall–Kier alpha value is -2.14. The van der Waals surface area contributed by atoms with Gasteiger partial charge in [-0.3, -0.25) is 4.90 Å². The molecule has 2 rings (SSSR count). The molecular formula is C16H18N4. The molecule has 1 aliphatic rings. The van der Waals surface area contributed by atoms with E-state index in [1.54, 1.807) is 6.08 Å². The maximum Gasteiger partial charge on any atom is 0.130 e. The summed E-state index contributed by atoms with van der Waals surface area (Å²) in [4.78, 5) is 4.73. The monoisotopic (exact) mass is 266 g/mol. The Morgan fingerprint density at radius 2 is 1.80 bits per heavy atom. The summed E-state index contributed by atoms with van der Waals surface area (Å²) in [6.45, 7) is 5.14. The van der Waals surface area contributed by atoms with Crippen LogP contribution in [0.4, 0.5) is 0 Å². The third-order valence-electron chi connectivity index (χ3n) is 3.59. The van der Waals surface area contributed by atoms with Crippen molar-refractivity contribution in [3.05, 3.63) is 41.0 Å². The molecular weight excluding hydrogens is 248 g/mol. The predicted octanol–water partition coefficient (Wildman–Crippen LogP) is 1.86. The van der Waals surface area contributed by atoms with E-state index in [0.717, 1.165) is 38.3 Å². The van der Waals surface area contributed by atoms with Gasteiger partial charge in [0.2, 0.25) is 0 Å². The van der Waals surface area contributed by atoms with Crippen LogP contribution in [-0.2, 0) is 6.54 Å². The standard InChI is InChI=1S/C16H18N4/c1-19-6-8-20(9-7-19)13-16-5-3-2-4-15(16)10-14(11-17)12-18/h2-5,10H,6-9,13H2,1H3. The zero-order valence-corrected chi connectivity index (χ0v) is 11.7. The molecule has 1 saturated heterocycles. The molecule has 0 atom stereocenters. The van der Waals surface area contributed by atoms with Crippen molar-refractivity contribution in [3.8, 4) is 12.1 Å². The van der Waals surface area contributed by atoms with Gasteiger partial charge in [0.15, 0.2) is 0 Å². The van der Waals surface area contributed by atoms with Crippen LogP contribution in [0.3, 0.4) is 0 Å². The van der Waals surface area contributed by atoms with Crippen molar-refractivity contribution in [1.82, 2.24) is 9.80 Å². The molecule has 0 aromatic heterocycles. The van der Waals surface area contributed by atoms with E-state index in [0.29, 0.717) is 0 Å². The van der Waals surface area contributed by atoms with E-state index in [2.05, 4.69) is 22.9 Å². The maximum absolute atomic E-state index is 8.87. The topological polar surface area (TPSA) is 54.1 Å². The quantitative estimate of drug-likeness (QED) is 0.784. The van der Waals surface area contributed by atoms with Crippen LogP contribution in [-0.4, -0.2) is 43.0 Å². The van der Waals surface area contributed by atoms with Gasteiger partial charge in [-0.25, -0.2) is 0 Å². The Labute approximate surface area is 120 Å². The van der Waals surface area contributed by atoms with Gasteiger partial charge in [-0.05, 0) is 24.3 Å². The molecule has 0 unspecified atom stereocenters. The Morgan fingerprint density at radius 1 is 1.15 bits per heavy atom. The lowest BCUT2D eigenvalue weighted by atomic mass is 10.0. The fourth-order valence-corrected chi connectivity index (χ4v) is 2.31. The van der Waals surface area contributed by atoms with E-state index in [1.807, 2.05) is 30.3 Å². The Balaban J connectivity index is 2.15. The summed E-state index contributed by atoms with van der Waals surface area (Å²) >= 11 is 0. The SMILES string of the molecule is CN1CCN(Cc2ccccc2C=C(C#N)C#N)CC1. The van der Waals surface area contributed by atoms with E-state index in [-0.39, 0.29) is 5.57 Å². The molecule has 0 amide bonds. The van der Waals surface area contributed by atoms with Crippen LogP contribution >= 0.6 is 0 Å². The lowest BCUT2D eigenvalue weighted by molar-refractivity contribution is 0.148. The number of nitriles is 2. The summed E-state index contributed by atoms with van der Waals surface area (Å²) in [5.41, 5.74) is 2.28. The minimum Gasteiger partial charge on any atom is -0.304 e. The largest absolute Gasteiger partial charge is 0.304 e. The third kappa shape index (κ3) is 3.68. The van der Waals surface area contributed by atoms with Gasteiger partial charge in [-0.1, -0.05) is 24.3 Å². The highest BCUT2D eigenvalue weighted by molar-refractivity contribution is 5.64. The second kappa shape index (κ2) is 6.86. The average molecular weight is 266 g/mol. The predicted molar refractivity (Wildman–Crippen MR) is 78.4 cm³/mol. The fourth-order valence-electron chi connectivity index (χ4n) is 2.31.